The van der Waals surface area contributed by atoms with Gasteiger partial charge in [-0.1, -0.05) is 0 Å². The van der Waals surface area contributed by atoms with Crippen molar-refractivity contribution in [1.29, 1.82) is 0 Å². The molecule has 9 nitrogen and oxygen atoms in total. The molecule has 20 heavy (non-hydrogen) atoms. The van der Waals surface area contributed by atoms with Gasteiger partial charge in [-0.3, -0.25) is 4.79 Å². The summed E-state index contributed by atoms with van der Waals surface area (Å²) in [6.07, 6.45) is -7.03. The average Bonchev–Trinajstić information content (AvgIpc) is 2.36. The first kappa shape index (κ1) is 16.8. The quantitative estimate of drug-likeness (QED) is 0.342. The molecular formula is C11H19NO8. The summed E-state index contributed by atoms with van der Waals surface area (Å²) in [6.45, 7) is 1.94. The van der Waals surface area contributed by atoms with Crippen molar-refractivity contribution < 1.29 is 39.5 Å². The molecule has 0 radical (unpaired) electrons. The number of nitrogens with one attached hydrogen (secondary N) is 1. The Labute approximate surface area is 115 Å². The van der Waals surface area contributed by atoms with E-state index in [1.54, 1.807) is 0 Å². The van der Waals surface area contributed by atoms with E-state index in [0.717, 1.165) is 0 Å². The van der Waals surface area contributed by atoms with Gasteiger partial charge in [0.2, 0.25) is 5.91 Å². The van der Waals surface area contributed by atoms with E-state index in [1.165, 1.54) is 13.8 Å². The third-order valence-electron chi connectivity index (χ3n) is 2.82. The van der Waals surface area contributed by atoms with E-state index in [-0.39, 0.29) is 0 Å². The van der Waals surface area contributed by atoms with Crippen molar-refractivity contribution in [2.75, 3.05) is 6.61 Å². The minimum absolute atomic E-state index is 0.453. The number of aliphatic hydroxyl groups is 4. The number of amides is 1. The largest absolute Gasteiger partial charge is 0.461 e. The first-order valence-electron chi connectivity index (χ1n) is 6.05. The van der Waals surface area contributed by atoms with Gasteiger partial charge in [0.1, 0.15) is 37.1 Å². The van der Waals surface area contributed by atoms with E-state index in [0.29, 0.717) is 0 Å². The molecule has 0 aliphatic carbocycles. The zero-order valence-corrected chi connectivity index (χ0v) is 11.1. The van der Waals surface area contributed by atoms with Crippen molar-refractivity contribution in [3.05, 3.63) is 0 Å². The number of carbonyl (C=O) groups is 2. The first-order valence-corrected chi connectivity index (χ1v) is 6.05. The highest BCUT2D eigenvalue weighted by atomic mass is 16.6. The van der Waals surface area contributed by atoms with Crippen molar-refractivity contribution >= 4 is 11.9 Å². The van der Waals surface area contributed by atoms with Gasteiger partial charge in [0.15, 0.2) is 6.29 Å². The second-order valence-corrected chi connectivity index (χ2v) is 4.58. The molecular weight excluding hydrogens is 274 g/mol. The van der Waals surface area contributed by atoms with Gasteiger partial charge in [-0.15, -0.1) is 0 Å². The van der Waals surface area contributed by atoms with Gasteiger partial charge < -0.3 is 35.2 Å². The summed E-state index contributed by atoms with van der Waals surface area (Å²) in [4.78, 5) is 22.0. The molecule has 0 aromatic rings. The van der Waals surface area contributed by atoms with Gasteiger partial charge in [0, 0.05) is 6.92 Å². The maximum absolute atomic E-state index is 11.1. The molecule has 1 saturated heterocycles. The number of hydrogen-bond acceptors (Lipinski definition) is 8. The molecule has 0 bridgehead atoms. The Bertz CT molecular complexity index is 360. The van der Waals surface area contributed by atoms with Gasteiger partial charge in [0.05, 0.1) is 0 Å². The van der Waals surface area contributed by atoms with Crippen LogP contribution in [0, 0.1) is 0 Å². The highest BCUT2D eigenvalue weighted by Gasteiger charge is 2.44. The van der Waals surface area contributed by atoms with Crippen LogP contribution in [-0.2, 0) is 19.1 Å². The third-order valence-corrected chi connectivity index (χ3v) is 2.82. The lowest BCUT2D eigenvalue weighted by Gasteiger charge is -2.40. The number of ether oxygens (including phenoxy) is 2. The van der Waals surface area contributed by atoms with Crippen LogP contribution in [0.1, 0.15) is 13.8 Å². The predicted molar refractivity (Wildman–Crippen MR) is 63.1 cm³/mol. The smallest absolute Gasteiger partial charge is 0.334 e. The minimum atomic E-state index is -1.56. The Hall–Kier alpha value is -1.26. The van der Waals surface area contributed by atoms with Crippen molar-refractivity contribution in [2.45, 2.75) is 50.6 Å². The zero-order valence-electron chi connectivity index (χ0n) is 11.1. The van der Waals surface area contributed by atoms with Crippen molar-refractivity contribution in [1.82, 2.24) is 5.32 Å². The lowest BCUT2D eigenvalue weighted by atomic mass is 9.97. The predicted octanol–water partition coefficient (Wildman–Crippen LogP) is -3.15. The van der Waals surface area contributed by atoms with E-state index in [1.807, 2.05) is 0 Å². The van der Waals surface area contributed by atoms with Gasteiger partial charge in [0.25, 0.3) is 0 Å². The Kier molecular flexibility index (Phi) is 5.84. The topological polar surface area (TPSA) is 146 Å². The van der Waals surface area contributed by atoms with Crippen molar-refractivity contribution in [2.24, 2.45) is 0 Å². The van der Waals surface area contributed by atoms with E-state index >= 15 is 0 Å². The number of aliphatic hydroxyl groups excluding tert-OH is 4. The second kappa shape index (κ2) is 6.95. The third kappa shape index (κ3) is 4.12. The van der Waals surface area contributed by atoms with E-state index < -0.39 is 55.2 Å². The fourth-order valence-corrected chi connectivity index (χ4v) is 1.76. The Morgan fingerprint density at radius 2 is 1.90 bits per heavy atom. The summed E-state index contributed by atoms with van der Waals surface area (Å²) >= 11 is 0. The zero-order chi connectivity index (χ0) is 15.4. The van der Waals surface area contributed by atoms with Crippen LogP contribution in [0.3, 0.4) is 0 Å². The molecule has 1 aliphatic rings. The van der Waals surface area contributed by atoms with E-state index in [2.05, 4.69) is 10.1 Å². The molecule has 2 unspecified atom stereocenters. The fourth-order valence-electron chi connectivity index (χ4n) is 1.76. The summed E-state index contributed by atoms with van der Waals surface area (Å²) in [5.41, 5.74) is 0. The summed E-state index contributed by atoms with van der Waals surface area (Å²) in [6, 6.07) is -1.19. The molecule has 1 rings (SSSR count). The SMILES string of the molecule is CC(=O)N[C@@H]1C(O)O[C@H](COC(=O)C(C)O)[C@@H](O)[C@@H]1O. The number of esters is 1. The number of rotatable bonds is 4. The number of carbonyl (C=O) groups excluding carboxylic acids is 2. The normalized spacial score (nSPS) is 35.2. The van der Waals surface area contributed by atoms with E-state index in [9.17, 15) is 24.9 Å². The van der Waals surface area contributed by atoms with Crippen LogP contribution < -0.4 is 5.32 Å². The van der Waals surface area contributed by atoms with Gasteiger partial charge in [-0.2, -0.15) is 0 Å². The standard InChI is InChI=1S/C11H19NO8/c1-4(13)10(17)19-3-6-8(15)9(16)7(11(18)20-6)12-5(2)14/h4,6-9,11,13,15-16,18H,3H2,1-2H3,(H,12,14)/t4?,6-,7+,8-,9-,11?/m1/s1. The Morgan fingerprint density at radius 1 is 1.30 bits per heavy atom. The summed E-state index contributed by atoms with van der Waals surface area (Å²) < 4.78 is 9.63. The molecule has 0 aromatic heterocycles. The van der Waals surface area contributed by atoms with Crippen LogP contribution in [0.4, 0.5) is 0 Å². The minimum Gasteiger partial charge on any atom is -0.461 e. The molecule has 1 heterocycles. The van der Waals surface area contributed by atoms with Gasteiger partial charge in [-0.25, -0.2) is 4.79 Å². The molecule has 9 heteroatoms. The van der Waals surface area contributed by atoms with E-state index in [4.69, 9.17) is 9.84 Å². The summed E-state index contributed by atoms with van der Waals surface area (Å²) in [5, 5.41) is 40.4. The van der Waals surface area contributed by atoms with Crippen LogP contribution in [0.5, 0.6) is 0 Å². The summed E-state index contributed by atoms with van der Waals surface area (Å²) in [5.74, 6) is -1.43. The van der Waals surface area contributed by atoms with Crippen molar-refractivity contribution in [3.8, 4) is 0 Å². The number of hydrogen-bond donors (Lipinski definition) is 5. The lowest BCUT2D eigenvalue weighted by Crippen LogP contribution is -2.64. The van der Waals surface area contributed by atoms with Crippen LogP contribution in [0.2, 0.25) is 0 Å². The average molecular weight is 293 g/mol. The Morgan fingerprint density at radius 3 is 2.40 bits per heavy atom. The first-order chi connectivity index (χ1) is 9.23. The van der Waals surface area contributed by atoms with Crippen LogP contribution >= 0.6 is 0 Å². The molecule has 0 aromatic carbocycles. The molecule has 116 valence electrons. The fraction of sp³-hybridized carbons (Fsp3) is 0.818. The molecule has 1 fully saturated rings. The molecule has 1 aliphatic heterocycles. The molecule has 1 amide bonds. The second-order valence-electron chi connectivity index (χ2n) is 4.58. The van der Waals surface area contributed by atoms with Crippen LogP contribution in [0.15, 0.2) is 0 Å². The summed E-state index contributed by atoms with van der Waals surface area (Å²) in [7, 11) is 0. The highest BCUT2D eigenvalue weighted by Crippen LogP contribution is 2.20. The van der Waals surface area contributed by atoms with Gasteiger partial charge >= 0.3 is 5.97 Å². The lowest BCUT2D eigenvalue weighted by molar-refractivity contribution is -0.256. The van der Waals surface area contributed by atoms with Crippen molar-refractivity contribution in [3.63, 3.8) is 0 Å². The monoisotopic (exact) mass is 293 g/mol. The van der Waals surface area contributed by atoms with Crippen LogP contribution in [0.25, 0.3) is 0 Å². The highest BCUT2D eigenvalue weighted by molar-refractivity contribution is 5.74. The Balaban J connectivity index is 2.61. The molecule has 0 saturated carbocycles. The van der Waals surface area contributed by atoms with Crippen LogP contribution in [-0.4, -0.2) is 75.7 Å². The maximum atomic E-state index is 11.1. The van der Waals surface area contributed by atoms with Gasteiger partial charge in [-0.05, 0) is 6.92 Å². The molecule has 6 atom stereocenters. The maximum Gasteiger partial charge on any atom is 0.334 e. The molecule has 5 N–H and O–H groups in total. The molecule has 0 spiro atoms.